The predicted molar refractivity (Wildman–Crippen MR) is 63.9 cm³/mol. The van der Waals surface area contributed by atoms with E-state index in [0.29, 0.717) is 11.6 Å². The summed E-state index contributed by atoms with van der Waals surface area (Å²) in [6, 6.07) is 9.24. The molecule has 0 bridgehead atoms. The van der Waals surface area contributed by atoms with Crippen molar-refractivity contribution in [3.63, 3.8) is 0 Å². The lowest BCUT2D eigenvalue weighted by Crippen LogP contribution is -2.46. The normalized spacial score (nSPS) is 13.4. The van der Waals surface area contributed by atoms with Crippen molar-refractivity contribution in [1.82, 2.24) is 10.4 Å². The van der Waals surface area contributed by atoms with Gasteiger partial charge in [-0.15, -0.1) is 5.06 Å². The number of hydroxylamine groups is 2. The van der Waals surface area contributed by atoms with Gasteiger partial charge in [0.2, 0.25) is 0 Å². The molecule has 0 aliphatic carbocycles. The first kappa shape index (κ1) is 12.6. The minimum absolute atomic E-state index is 0.0558. The van der Waals surface area contributed by atoms with Gasteiger partial charge >= 0.3 is 6.09 Å². The summed E-state index contributed by atoms with van der Waals surface area (Å²) in [5, 5.41) is 3.15. The minimum Gasteiger partial charge on any atom is -0.347 e. The topological polar surface area (TPSA) is 102 Å². The molecule has 2 rings (SSSR count). The van der Waals surface area contributed by atoms with Gasteiger partial charge in [0.1, 0.15) is 0 Å². The molecule has 3 N–H and O–H groups in total. The van der Waals surface area contributed by atoms with E-state index < -0.39 is 17.9 Å². The van der Waals surface area contributed by atoms with Crippen LogP contribution in [0.15, 0.2) is 42.1 Å². The van der Waals surface area contributed by atoms with Crippen LogP contribution in [0.3, 0.4) is 0 Å². The Morgan fingerprint density at radius 1 is 1.26 bits per heavy atom. The number of hydrogen-bond donors (Lipinski definition) is 2. The summed E-state index contributed by atoms with van der Waals surface area (Å²) in [6.07, 6.45) is -0.0988. The zero-order valence-corrected chi connectivity index (χ0v) is 9.83. The van der Waals surface area contributed by atoms with Gasteiger partial charge in [-0.2, -0.15) is 0 Å². The summed E-state index contributed by atoms with van der Waals surface area (Å²) >= 11 is 0. The fraction of sp³-hybridized carbons (Fsp3) is 0.0833. The van der Waals surface area contributed by atoms with Gasteiger partial charge in [-0.1, -0.05) is 30.3 Å². The second-order valence-corrected chi connectivity index (χ2v) is 3.74. The van der Waals surface area contributed by atoms with E-state index in [4.69, 9.17) is 5.73 Å². The van der Waals surface area contributed by atoms with Crippen molar-refractivity contribution in [3.05, 3.63) is 47.7 Å². The van der Waals surface area contributed by atoms with Crippen LogP contribution in [0.4, 0.5) is 4.79 Å². The fourth-order valence-corrected chi connectivity index (χ4v) is 1.50. The van der Waals surface area contributed by atoms with Crippen molar-refractivity contribution < 1.29 is 19.2 Å². The molecular weight excluding hydrogens is 250 g/mol. The van der Waals surface area contributed by atoms with Crippen LogP contribution < -0.4 is 11.1 Å². The molecule has 1 aromatic rings. The number of nitrogens with zero attached hydrogens (tertiary/aromatic N) is 1. The SMILES string of the molecule is NC(=O)ON1C(=O)C=C1C(=O)NCc1ccccc1. The lowest BCUT2D eigenvalue weighted by atomic mass is 10.2. The first-order valence-corrected chi connectivity index (χ1v) is 5.43. The summed E-state index contributed by atoms with van der Waals surface area (Å²) < 4.78 is 0. The molecule has 1 aliphatic heterocycles. The predicted octanol–water partition coefficient (Wildman–Crippen LogP) is 0.0392. The maximum absolute atomic E-state index is 11.7. The van der Waals surface area contributed by atoms with Crippen LogP contribution in [-0.4, -0.2) is 23.0 Å². The lowest BCUT2D eigenvalue weighted by Gasteiger charge is -2.26. The molecule has 0 unspecified atom stereocenters. The molecule has 1 heterocycles. The third-order valence-corrected chi connectivity index (χ3v) is 2.39. The summed E-state index contributed by atoms with van der Waals surface area (Å²) in [4.78, 5) is 37.7. The van der Waals surface area contributed by atoms with E-state index in [1.165, 1.54) is 0 Å². The van der Waals surface area contributed by atoms with Gasteiger partial charge in [-0.3, -0.25) is 9.59 Å². The number of nitrogens with one attached hydrogen (secondary N) is 1. The van der Waals surface area contributed by atoms with Gasteiger partial charge in [-0.25, -0.2) is 4.79 Å². The Morgan fingerprint density at radius 3 is 2.53 bits per heavy atom. The number of benzene rings is 1. The molecule has 7 nitrogen and oxygen atoms in total. The molecule has 0 fully saturated rings. The first-order chi connectivity index (χ1) is 9.08. The van der Waals surface area contributed by atoms with Crippen molar-refractivity contribution in [2.24, 2.45) is 5.73 Å². The van der Waals surface area contributed by atoms with Crippen LogP contribution in [0.5, 0.6) is 0 Å². The quantitative estimate of drug-likeness (QED) is 0.798. The number of nitrogens with two attached hydrogens (primary N) is 1. The summed E-state index contributed by atoms with van der Waals surface area (Å²) in [6.45, 7) is 0.301. The maximum atomic E-state index is 11.7. The second-order valence-electron chi connectivity index (χ2n) is 3.74. The summed E-state index contributed by atoms with van der Waals surface area (Å²) in [5.41, 5.74) is 5.63. The van der Waals surface area contributed by atoms with Gasteiger partial charge in [0.05, 0.1) is 0 Å². The molecule has 7 heteroatoms. The highest BCUT2D eigenvalue weighted by Crippen LogP contribution is 2.17. The van der Waals surface area contributed by atoms with Crippen molar-refractivity contribution in [1.29, 1.82) is 0 Å². The molecule has 98 valence electrons. The number of rotatable bonds is 4. The summed E-state index contributed by atoms with van der Waals surface area (Å²) in [5.74, 6) is -1.13. The smallest absolute Gasteiger partial charge is 0.347 e. The Labute approximate surface area is 108 Å². The van der Waals surface area contributed by atoms with Crippen molar-refractivity contribution in [2.45, 2.75) is 6.54 Å². The van der Waals surface area contributed by atoms with Crippen LogP contribution in [0.2, 0.25) is 0 Å². The molecule has 0 atom stereocenters. The number of carbonyl (C=O) groups excluding carboxylic acids is 3. The van der Waals surface area contributed by atoms with Crippen LogP contribution >= 0.6 is 0 Å². The Bertz CT molecular complexity index is 553. The van der Waals surface area contributed by atoms with Crippen LogP contribution in [-0.2, 0) is 21.0 Å². The molecule has 1 aliphatic rings. The molecule has 0 saturated heterocycles. The van der Waals surface area contributed by atoms with Crippen molar-refractivity contribution in [2.75, 3.05) is 0 Å². The molecule has 1 aromatic carbocycles. The molecule has 3 amide bonds. The standard InChI is InChI=1S/C12H11N3O4/c13-12(18)19-15-9(6-10(15)16)11(17)14-7-8-4-2-1-3-5-8/h1-6H,7H2,(H2,13,18)(H,14,17). The van der Waals surface area contributed by atoms with E-state index in [2.05, 4.69) is 10.2 Å². The Morgan fingerprint density at radius 2 is 1.95 bits per heavy atom. The number of hydrogen-bond acceptors (Lipinski definition) is 4. The number of carbonyl (C=O) groups is 3. The third-order valence-electron chi connectivity index (χ3n) is 2.39. The van der Waals surface area contributed by atoms with Crippen LogP contribution in [0.25, 0.3) is 0 Å². The maximum Gasteiger partial charge on any atom is 0.429 e. The van der Waals surface area contributed by atoms with E-state index in [9.17, 15) is 14.4 Å². The van der Waals surface area contributed by atoms with Gasteiger partial charge in [0.15, 0.2) is 5.70 Å². The Hall–Kier alpha value is -2.83. The van der Waals surface area contributed by atoms with Gasteiger partial charge < -0.3 is 15.9 Å². The molecule has 0 aromatic heterocycles. The highest BCUT2D eigenvalue weighted by molar-refractivity contribution is 6.10. The molecule has 0 saturated carbocycles. The van der Waals surface area contributed by atoms with Gasteiger partial charge in [-0.05, 0) is 5.56 Å². The number of amides is 3. The van der Waals surface area contributed by atoms with Crippen LogP contribution in [0, 0.1) is 0 Å². The molecule has 0 radical (unpaired) electrons. The highest BCUT2D eigenvalue weighted by Gasteiger charge is 2.35. The second kappa shape index (κ2) is 5.21. The highest BCUT2D eigenvalue weighted by atomic mass is 16.7. The molecule has 19 heavy (non-hydrogen) atoms. The average Bonchev–Trinajstić information content (AvgIpc) is 2.40. The van der Waals surface area contributed by atoms with E-state index >= 15 is 0 Å². The Balaban J connectivity index is 1.92. The van der Waals surface area contributed by atoms with Crippen LogP contribution in [0.1, 0.15) is 5.56 Å². The van der Waals surface area contributed by atoms with E-state index in [0.717, 1.165) is 11.6 Å². The molecule has 0 spiro atoms. The number of primary amides is 1. The lowest BCUT2D eigenvalue weighted by molar-refractivity contribution is -0.161. The summed E-state index contributed by atoms with van der Waals surface area (Å²) in [7, 11) is 0. The fourth-order valence-electron chi connectivity index (χ4n) is 1.50. The van der Waals surface area contributed by atoms with E-state index in [1.807, 2.05) is 30.3 Å². The zero-order valence-electron chi connectivity index (χ0n) is 9.83. The Kier molecular flexibility index (Phi) is 3.46. The van der Waals surface area contributed by atoms with E-state index in [-0.39, 0.29) is 5.70 Å². The monoisotopic (exact) mass is 261 g/mol. The molecular formula is C12H11N3O4. The average molecular weight is 261 g/mol. The van der Waals surface area contributed by atoms with Gasteiger partial charge in [0.25, 0.3) is 11.8 Å². The van der Waals surface area contributed by atoms with Crippen molar-refractivity contribution in [3.8, 4) is 0 Å². The van der Waals surface area contributed by atoms with Gasteiger partial charge in [0, 0.05) is 12.6 Å². The third kappa shape index (κ3) is 2.89. The zero-order chi connectivity index (χ0) is 13.8. The first-order valence-electron chi connectivity index (χ1n) is 5.43. The van der Waals surface area contributed by atoms with E-state index in [1.54, 1.807) is 0 Å². The largest absolute Gasteiger partial charge is 0.429 e. The minimum atomic E-state index is -1.16. The van der Waals surface area contributed by atoms with Crippen molar-refractivity contribution >= 4 is 17.9 Å².